The second kappa shape index (κ2) is 8.45. The maximum Gasteiger partial charge on any atom is 0.335 e. The largest absolute Gasteiger partial charge is 0.478 e. The molecule has 0 amide bonds. The second-order valence-electron chi connectivity index (χ2n) is 7.91. The molecule has 1 saturated carbocycles. The van der Waals surface area contributed by atoms with Crippen LogP contribution < -0.4 is 0 Å². The van der Waals surface area contributed by atoms with E-state index in [2.05, 4.69) is 18.2 Å². The van der Waals surface area contributed by atoms with Crippen LogP contribution in [0.15, 0.2) is 48.5 Å². The van der Waals surface area contributed by atoms with Crippen LogP contribution in [0.2, 0.25) is 0 Å². The number of benzene rings is 2. The van der Waals surface area contributed by atoms with Crippen molar-refractivity contribution in [3.8, 4) is 0 Å². The maximum absolute atomic E-state index is 11.8. The van der Waals surface area contributed by atoms with Crippen LogP contribution in [0.25, 0.3) is 10.1 Å². The Labute approximate surface area is 177 Å². The van der Waals surface area contributed by atoms with Gasteiger partial charge in [-0.3, -0.25) is 0 Å². The summed E-state index contributed by atoms with van der Waals surface area (Å²) in [4.78, 5) is 13.0. The third-order valence-corrected chi connectivity index (χ3v) is 7.10. The lowest BCUT2D eigenvalue weighted by molar-refractivity contribution is -0.127. The molecular weight excluding hydrogens is 404 g/mol. The third kappa shape index (κ3) is 3.87. The first-order valence-corrected chi connectivity index (χ1v) is 10.7. The molecule has 1 aliphatic rings. The number of fused-ring (bicyclic) bond motifs is 1. The van der Waals surface area contributed by atoms with Gasteiger partial charge in [0.05, 0.1) is 17.8 Å². The maximum atomic E-state index is 11.8. The van der Waals surface area contributed by atoms with Crippen molar-refractivity contribution < 1.29 is 30.3 Å². The van der Waals surface area contributed by atoms with Gasteiger partial charge in [0, 0.05) is 34.4 Å². The van der Waals surface area contributed by atoms with Crippen molar-refractivity contribution in [2.24, 2.45) is 5.92 Å². The molecule has 30 heavy (non-hydrogen) atoms. The predicted molar refractivity (Wildman–Crippen MR) is 114 cm³/mol. The molecule has 0 bridgehead atoms. The standard InChI is InChI=1S/C23H24O6S/c24-11-14-10-18(21(26)22(27)20(14)25)17-8-12(5-6-16(17)23(28)29)7-15-9-13-3-1-2-4-19(13)30-15/h1-6,8-9,14,18,20-22,24-27H,7,10-11H2,(H,28,29)/t14?,18-,20+,21-,22?/m0/s1. The number of thiophene rings is 1. The first-order valence-electron chi connectivity index (χ1n) is 9.87. The zero-order chi connectivity index (χ0) is 21.4. The topological polar surface area (TPSA) is 118 Å². The van der Waals surface area contributed by atoms with Gasteiger partial charge in [0.1, 0.15) is 6.10 Å². The van der Waals surface area contributed by atoms with Crippen molar-refractivity contribution in [1.82, 2.24) is 0 Å². The van der Waals surface area contributed by atoms with Gasteiger partial charge >= 0.3 is 5.97 Å². The monoisotopic (exact) mass is 428 g/mol. The molecule has 1 heterocycles. The van der Waals surface area contributed by atoms with Crippen LogP contribution in [0, 0.1) is 5.92 Å². The molecule has 5 atom stereocenters. The van der Waals surface area contributed by atoms with E-state index in [4.69, 9.17) is 0 Å². The number of aromatic carboxylic acids is 1. The Bertz CT molecular complexity index is 1030. The highest BCUT2D eigenvalue weighted by Crippen LogP contribution is 2.39. The Kier molecular flexibility index (Phi) is 5.90. The van der Waals surface area contributed by atoms with E-state index in [1.54, 1.807) is 23.5 Å². The van der Waals surface area contributed by atoms with Gasteiger partial charge in [0.25, 0.3) is 0 Å². The van der Waals surface area contributed by atoms with Gasteiger partial charge in [-0.2, -0.15) is 0 Å². The van der Waals surface area contributed by atoms with Crippen molar-refractivity contribution in [1.29, 1.82) is 0 Å². The number of hydrogen-bond donors (Lipinski definition) is 5. The highest BCUT2D eigenvalue weighted by atomic mass is 32.1. The van der Waals surface area contributed by atoms with Gasteiger partial charge in [0.15, 0.2) is 0 Å². The molecule has 1 fully saturated rings. The summed E-state index contributed by atoms with van der Waals surface area (Å²) in [7, 11) is 0. The molecule has 0 spiro atoms. The van der Waals surface area contributed by atoms with E-state index in [0.717, 1.165) is 15.8 Å². The van der Waals surface area contributed by atoms with Gasteiger partial charge in [-0.25, -0.2) is 4.79 Å². The number of aliphatic hydroxyl groups is 4. The molecule has 4 rings (SSSR count). The minimum atomic E-state index is -1.45. The van der Waals surface area contributed by atoms with Gasteiger partial charge in [0.2, 0.25) is 0 Å². The van der Waals surface area contributed by atoms with Crippen LogP contribution >= 0.6 is 11.3 Å². The van der Waals surface area contributed by atoms with Gasteiger partial charge in [-0.1, -0.05) is 30.3 Å². The van der Waals surface area contributed by atoms with Crippen molar-refractivity contribution in [2.45, 2.75) is 37.1 Å². The van der Waals surface area contributed by atoms with Crippen LogP contribution in [0.1, 0.15) is 38.7 Å². The molecular formula is C23H24O6S. The molecule has 0 radical (unpaired) electrons. The Balaban J connectivity index is 1.70. The van der Waals surface area contributed by atoms with Crippen molar-refractivity contribution in [3.63, 3.8) is 0 Å². The fourth-order valence-corrected chi connectivity index (χ4v) is 5.46. The molecule has 1 aromatic heterocycles. The Morgan fingerprint density at radius 3 is 2.47 bits per heavy atom. The normalized spacial score (nSPS) is 26.7. The summed E-state index contributed by atoms with van der Waals surface area (Å²) in [6.07, 6.45) is -3.22. The number of carbonyl (C=O) groups is 1. The van der Waals surface area contributed by atoms with Crippen LogP contribution in [-0.4, -0.2) is 56.4 Å². The molecule has 2 unspecified atom stereocenters. The zero-order valence-electron chi connectivity index (χ0n) is 16.2. The van der Waals surface area contributed by atoms with Crippen LogP contribution in [-0.2, 0) is 6.42 Å². The van der Waals surface area contributed by atoms with Gasteiger partial charge in [-0.15, -0.1) is 11.3 Å². The van der Waals surface area contributed by atoms with Crippen molar-refractivity contribution in [2.75, 3.05) is 6.61 Å². The van der Waals surface area contributed by atoms with E-state index >= 15 is 0 Å². The fourth-order valence-electron chi connectivity index (χ4n) is 4.37. The summed E-state index contributed by atoms with van der Waals surface area (Å²) in [6, 6.07) is 15.3. The number of rotatable bonds is 5. The molecule has 5 N–H and O–H groups in total. The number of carboxylic acids is 1. The fraction of sp³-hybridized carbons (Fsp3) is 0.348. The Morgan fingerprint density at radius 1 is 1.00 bits per heavy atom. The summed E-state index contributed by atoms with van der Waals surface area (Å²) in [5.41, 5.74) is 1.37. The molecule has 3 aromatic rings. The number of aliphatic hydroxyl groups excluding tert-OH is 4. The quantitative estimate of drug-likeness (QED) is 0.426. The average molecular weight is 429 g/mol. The average Bonchev–Trinajstić information content (AvgIpc) is 3.14. The van der Waals surface area contributed by atoms with Crippen LogP contribution in [0.5, 0.6) is 0 Å². The van der Waals surface area contributed by atoms with E-state index in [9.17, 15) is 30.3 Å². The minimum absolute atomic E-state index is 0.0550. The number of hydrogen-bond acceptors (Lipinski definition) is 6. The lowest BCUT2D eigenvalue weighted by atomic mass is 9.72. The van der Waals surface area contributed by atoms with E-state index < -0.39 is 36.1 Å². The molecule has 0 aliphatic heterocycles. The SMILES string of the molecule is O=C(O)c1ccc(Cc2cc3ccccc3s2)cc1[C@@H]1CC(CO)[C@@H](O)C(O)[C@H]1O. The molecule has 158 valence electrons. The minimum Gasteiger partial charge on any atom is -0.478 e. The summed E-state index contributed by atoms with van der Waals surface area (Å²) in [5.74, 6) is -2.46. The van der Waals surface area contributed by atoms with Crippen molar-refractivity contribution >= 4 is 27.4 Å². The molecule has 2 aromatic carbocycles. The van der Waals surface area contributed by atoms with Crippen LogP contribution in [0.3, 0.4) is 0 Å². The number of carboxylic acid groups (broad SMARTS) is 1. The van der Waals surface area contributed by atoms with Crippen LogP contribution in [0.4, 0.5) is 0 Å². The molecule has 0 saturated heterocycles. The third-order valence-electron chi connectivity index (χ3n) is 5.99. The summed E-state index contributed by atoms with van der Waals surface area (Å²) >= 11 is 1.68. The van der Waals surface area contributed by atoms with Gasteiger partial charge in [-0.05, 0) is 41.1 Å². The summed E-state index contributed by atoms with van der Waals surface area (Å²) in [6.45, 7) is -0.356. The first-order chi connectivity index (χ1) is 14.4. The van der Waals surface area contributed by atoms with Gasteiger partial charge < -0.3 is 25.5 Å². The molecule has 1 aliphatic carbocycles. The lowest BCUT2D eigenvalue weighted by Gasteiger charge is -2.40. The van der Waals surface area contributed by atoms with E-state index in [1.165, 1.54) is 10.8 Å². The molecule has 6 nitrogen and oxygen atoms in total. The second-order valence-corrected chi connectivity index (χ2v) is 9.08. The lowest BCUT2D eigenvalue weighted by Crippen LogP contribution is -2.51. The van der Waals surface area contributed by atoms with E-state index in [0.29, 0.717) is 12.0 Å². The summed E-state index contributed by atoms with van der Waals surface area (Å²) < 4.78 is 1.18. The van der Waals surface area contributed by atoms with E-state index in [1.807, 2.05) is 12.1 Å². The molecule has 7 heteroatoms. The first kappa shape index (κ1) is 21.0. The predicted octanol–water partition coefficient (Wildman–Crippen LogP) is 2.37. The zero-order valence-corrected chi connectivity index (χ0v) is 17.0. The Hall–Kier alpha value is -2.29. The highest BCUT2D eigenvalue weighted by Gasteiger charge is 2.43. The highest BCUT2D eigenvalue weighted by molar-refractivity contribution is 7.19. The van der Waals surface area contributed by atoms with E-state index in [-0.39, 0.29) is 18.6 Å². The Morgan fingerprint density at radius 2 is 1.77 bits per heavy atom. The van der Waals surface area contributed by atoms with Crippen molar-refractivity contribution in [3.05, 3.63) is 70.1 Å². The smallest absolute Gasteiger partial charge is 0.335 e. The summed E-state index contributed by atoms with van der Waals surface area (Å²) in [5, 5.41) is 51.3.